The van der Waals surface area contributed by atoms with Gasteiger partial charge in [0.05, 0.1) is 12.7 Å². The van der Waals surface area contributed by atoms with Crippen molar-refractivity contribution in [3.63, 3.8) is 0 Å². The highest BCUT2D eigenvalue weighted by Gasteiger charge is 2.12. The van der Waals surface area contributed by atoms with Gasteiger partial charge in [0.2, 0.25) is 0 Å². The topological polar surface area (TPSA) is 38.7 Å². The summed E-state index contributed by atoms with van der Waals surface area (Å²) in [5.74, 6) is 0. The molecule has 0 aromatic rings. The Bertz CT molecular complexity index is 250. The van der Waals surface area contributed by atoms with Crippen molar-refractivity contribution >= 4 is 0 Å². The lowest BCUT2D eigenvalue weighted by Gasteiger charge is -2.22. The van der Waals surface area contributed by atoms with E-state index < -0.39 is 0 Å². The van der Waals surface area contributed by atoms with Crippen LogP contribution in [-0.4, -0.2) is 30.7 Å². The summed E-state index contributed by atoms with van der Waals surface area (Å²) in [5.41, 5.74) is 1.15. The third-order valence-corrected chi connectivity index (χ3v) is 2.68. The predicted molar refractivity (Wildman–Crippen MR) is 68.7 cm³/mol. The van der Waals surface area contributed by atoms with Crippen molar-refractivity contribution in [1.82, 2.24) is 0 Å². The summed E-state index contributed by atoms with van der Waals surface area (Å²) >= 11 is 0. The van der Waals surface area contributed by atoms with Crippen LogP contribution < -0.4 is 0 Å². The van der Waals surface area contributed by atoms with E-state index in [1.54, 1.807) is 6.92 Å². The van der Waals surface area contributed by atoms with Gasteiger partial charge in [-0.15, -0.1) is 0 Å². The quantitative estimate of drug-likeness (QED) is 0.726. The fourth-order valence-corrected chi connectivity index (χ4v) is 1.65. The summed E-state index contributed by atoms with van der Waals surface area (Å²) < 4.78 is 11.1. The second kappa shape index (κ2) is 8.45. The Morgan fingerprint density at radius 1 is 1.53 bits per heavy atom. The van der Waals surface area contributed by atoms with E-state index in [2.05, 4.69) is 0 Å². The molecule has 0 bridgehead atoms. The smallest absolute Gasteiger partial charge is 0.157 e. The van der Waals surface area contributed by atoms with Crippen molar-refractivity contribution in [3.8, 4) is 0 Å². The van der Waals surface area contributed by atoms with E-state index in [0.717, 1.165) is 25.0 Å². The first-order valence-corrected chi connectivity index (χ1v) is 6.43. The van der Waals surface area contributed by atoms with Crippen LogP contribution >= 0.6 is 0 Å². The lowest BCUT2D eigenvalue weighted by atomic mass is 10.2. The van der Waals surface area contributed by atoms with Crippen LogP contribution in [0.2, 0.25) is 0 Å². The third kappa shape index (κ3) is 7.31. The number of rotatable bonds is 6. The predicted octanol–water partition coefficient (Wildman–Crippen LogP) is 2.80. The molecule has 0 aromatic heterocycles. The lowest BCUT2D eigenvalue weighted by Crippen LogP contribution is -2.22. The van der Waals surface area contributed by atoms with Crippen LogP contribution in [-0.2, 0) is 9.47 Å². The van der Waals surface area contributed by atoms with E-state index in [4.69, 9.17) is 14.6 Å². The summed E-state index contributed by atoms with van der Waals surface area (Å²) in [6.07, 6.45) is 9.78. The molecular weight excluding hydrogens is 216 g/mol. The SMILES string of the molecule is CC(/C=C/CC(C)O)=C\COC1CCCCO1. The second-order valence-corrected chi connectivity index (χ2v) is 4.56. The summed E-state index contributed by atoms with van der Waals surface area (Å²) in [6, 6.07) is 0. The summed E-state index contributed by atoms with van der Waals surface area (Å²) in [7, 11) is 0. The highest BCUT2D eigenvalue weighted by Crippen LogP contribution is 2.13. The molecule has 1 heterocycles. The summed E-state index contributed by atoms with van der Waals surface area (Å²) in [5, 5.41) is 9.10. The molecule has 1 fully saturated rings. The average molecular weight is 240 g/mol. The van der Waals surface area contributed by atoms with E-state index in [1.807, 2.05) is 25.2 Å². The first kappa shape index (κ1) is 14.4. The summed E-state index contributed by atoms with van der Waals surface area (Å²) in [4.78, 5) is 0. The van der Waals surface area contributed by atoms with Crippen LogP contribution in [0.1, 0.15) is 39.5 Å². The Hall–Kier alpha value is -0.640. The third-order valence-electron chi connectivity index (χ3n) is 2.68. The van der Waals surface area contributed by atoms with Gasteiger partial charge in [0.25, 0.3) is 0 Å². The Morgan fingerprint density at radius 2 is 2.35 bits per heavy atom. The average Bonchev–Trinajstić information content (AvgIpc) is 2.30. The Labute approximate surface area is 104 Å². The maximum absolute atomic E-state index is 9.10. The molecule has 1 aliphatic heterocycles. The number of allylic oxidation sites excluding steroid dienone is 2. The van der Waals surface area contributed by atoms with Crippen molar-refractivity contribution in [2.75, 3.05) is 13.2 Å². The molecule has 3 nitrogen and oxygen atoms in total. The van der Waals surface area contributed by atoms with Gasteiger partial charge in [0.15, 0.2) is 6.29 Å². The second-order valence-electron chi connectivity index (χ2n) is 4.56. The standard InChI is InChI=1S/C14H24O3/c1-12(6-5-7-13(2)15)9-11-17-14-8-3-4-10-16-14/h5-6,9,13-15H,3-4,7-8,10-11H2,1-2H3/b6-5+,12-9+. The van der Waals surface area contributed by atoms with Crippen LogP contribution in [0.4, 0.5) is 0 Å². The molecule has 0 spiro atoms. The normalized spacial score (nSPS) is 24.2. The van der Waals surface area contributed by atoms with Crippen LogP contribution in [0.5, 0.6) is 0 Å². The van der Waals surface area contributed by atoms with E-state index in [1.165, 1.54) is 6.42 Å². The number of hydrogen-bond donors (Lipinski definition) is 1. The lowest BCUT2D eigenvalue weighted by molar-refractivity contribution is -0.155. The zero-order valence-corrected chi connectivity index (χ0v) is 10.9. The van der Waals surface area contributed by atoms with Gasteiger partial charge in [-0.2, -0.15) is 0 Å². The Kier molecular flexibility index (Phi) is 7.17. The molecule has 3 heteroatoms. The molecule has 98 valence electrons. The molecule has 0 aliphatic carbocycles. The fourth-order valence-electron chi connectivity index (χ4n) is 1.65. The van der Waals surface area contributed by atoms with Gasteiger partial charge in [-0.3, -0.25) is 0 Å². The minimum Gasteiger partial charge on any atom is -0.393 e. The molecule has 2 unspecified atom stereocenters. The molecule has 0 saturated carbocycles. The van der Waals surface area contributed by atoms with E-state index in [0.29, 0.717) is 13.0 Å². The molecule has 1 rings (SSSR count). The van der Waals surface area contributed by atoms with E-state index in [9.17, 15) is 0 Å². The van der Waals surface area contributed by atoms with Gasteiger partial charge < -0.3 is 14.6 Å². The minimum absolute atomic E-state index is 0.0192. The molecule has 0 radical (unpaired) electrons. The van der Waals surface area contributed by atoms with E-state index in [-0.39, 0.29) is 12.4 Å². The Morgan fingerprint density at radius 3 is 3.00 bits per heavy atom. The zero-order valence-electron chi connectivity index (χ0n) is 10.9. The first-order chi connectivity index (χ1) is 8.18. The van der Waals surface area contributed by atoms with Gasteiger partial charge in [0.1, 0.15) is 0 Å². The van der Waals surface area contributed by atoms with Crippen LogP contribution in [0.15, 0.2) is 23.8 Å². The van der Waals surface area contributed by atoms with Gasteiger partial charge in [-0.1, -0.05) is 23.8 Å². The number of aliphatic hydroxyl groups is 1. The highest BCUT2D eigenvalue weighted by molar-refractivity contribution is 5.15. The fraction of sp³-hybridized carbons (Fsp3) is 0.714. The van der Waals surface area contributed by atoms with Crippen LogP contribution in [0.25, 0.3) is 0 Å². The van der Waals surface area contributed by atoms with Gasteiger partial charge >= 0.3 is 0 Å². The Balaban J connectivity index is 2.15. The van der Waals surface area contributed by atoms with Gasteiger partial charge in [-0.25, -0.2) is 0 Å². The maximum atomic E-state index is 9.10. The van der Waals surface area contributed by atoms with Gasteiger partial charge in [0, 0.05) is 6.61 Å². The van der Waals surface area contributed by atoms with Crippen LogP contribution in [0, 0.1) is 0 Å². The molecule has 0 aromatic carbocycles. The van der Waals surface area contributed by atoms with Gasteiger partial charge in [-0.05, 0) is 39.5 Å². The van der Waals surface area contributed by atoms with Crippen molar-refractivity contribution in [1.29, 1.82) is 0 Å². The van der Waals surface area contributed by atoms with Crippen molar-refractivity contribution in [3.05, 3.63) is 23.8 Å². The molecule has 1 aliphatic rings. The van der Waals surface area contributed by atoms with E-state index >= 15 is 0 Å². The highest BCUT2D eigenvalue weighted by atomic mass is 16.7. The molecule has 1 N–H and O–H groups in total. The molecule has 1 saturated heterocycles. The number of hydrogen-bond acceptors (Lipinski definition) is 3. The minimum atomic E-state index is -0.272. The van der Waals surface area contributed by atoms with Crippen LogP contribution in [0.3, 0.4) is 0 Å². The molecular formula is C14H24O3. The largest absolute Gasteiger partial charge is 0.393 e. The summed E-state index contributed by atoms with van der Waals surface area (Å²) in [6.45, 7) is 5.23. The first-order valence-electron chi connectivity index (χ1n) is 6.43. The van der Waals surface area contributed by atoms with Crippen molar-refractivity contribution in [2.45, 2.75) is 51.9 Å². The molecule has 2 atom stereocenters. The van der Waals surface area contributed by atoms with Crippen molar-refractivity contribution in [2.24, 2.45) is 0 Å². The number of aliphatic hydroxyl groups excluding tert-OH is 1. The molecule has 0 amide bonds. The zero-order chi connectivity index (χ0) is 12.5. The molecule has 17 heavy (non-hydrogen) atoms. The monoisotopic (exact) mass is 240 g/mol. The maximum Gasteiger partial charge on any atom is 0.157 e. The number of ether oxygens (including phenoxy) is 2. The van der Waals surface area contributed by atoms with Crippen molar-refractivity contribution < 1.29 is 14.6 Å².